The first-order valence-electron chi connectivity index (χ1n) is 45.1. The van der Waals surface area contributed by atoms with Gasteiger partial charge in [-0.05, 0) is 127 Å². The number of allylic oxidation sites excluding steroid dienone is 10. The molecule has 0 N–H and O–H groups in total. The first-order chi connectivity index (χ1) is 62.9. The molecule has 2 aromatic carbocycles. The van der Waals surface area contributed by atoms with Crippen LogP contribution in [0.5, 0.6) is 35.4 Å². The Hall–Kier alpha value is -13.8. The van der Waals surface area contributed by atoms with Crippen molar-refractivity contribution in [2.75, 3.05) is 41.2 Å². The highest BCUT2D eigenvalue weighted by Gasteiger charge is 2.56. The van der Waals surface area contributed by atoms with Gasteiger partial charge in [0.05, 0.1) is 108 Å². The zero-order valence-corrected chi connectivity index (χ0v) is 76.9. The average Bonchev–Trinajstić information content (AvgIpc) is 1.71. The number of carbonyl (C=O) groups is 5. The third-order valence-corrected chi connectivity index (χ3v) is 29.1. The van der Waals surface area contributed by atoms with Gasteiger partial charge in [-0.1, -0.05) is 160 Å². The Morgan fingerprint density at radius 3 is 0.908 bits per heavy atom. The summed E-state index contributed by atoms with van der Waals surface area (Å²) in [6, 6.07) is 19.9. The molecule has 8 aromatic rings. The van der Waals surface area contributed by atoms with Crippen LogP contribution in [-0.2, 0) is 83.2 Å². The molecular weight excluding hydrogens is 1650 g/mol. The van der Waals surface area contributed by atoms with Gasteiger partial charge in [-0.15, -0.1) is 0 Å². The van der Waals surface area contributed by atoms with Gasteiger partial charge in [-0.3, -0.25) is 0 Å². The van der Waals surface area contributed by atoms with E-state index < -0.39 is 27.1 Å². The van der Waals surface area contributed by atoms with Gasteiger partial charge in [0.1, 0.15) is 12.2 Å². The maximum absolute atomic E-state index is 12.6. The van der Waals surface area contributed by atoms with Gasteiger partial charge >= 0.3 is 6.01 Å². The Labute approximate surface area is 764 Å². The second-order valence-corrected chi connectivity index (χ2v) is 36.5. The van der Waals surface area contributed by atoms with E-state index in [2.05, 4.69) is 93.7 Å². The third kappa shape index (κ3) is 16.4. The summed E-state index contributed by atoms with van der Waals surface area (Å²) in [6.07, 6.45) is 24.3. The molecule has 0 amide bonds. The number of nitrogens with zero attached hydrogens (tertiary/aromatic N) is 17. The van der Waals surface area contributed by atoms with E-state index >= 15 is 0 Å². The van der Waals surface area contributed by atoms with E-state index in [-0.39, 0.29) is 123 Å². The van der Waals surface area contributed by atoms with Gasteiger partial charge in [0, 0.05) is 114 Å². The predicted molar refractivity (Wildman–Crippen MR) is 487 cm³/mol. The highest BCUT2D eigenvalue weighted by Crippen LogP contribution is 2.58. The fourth-order valence-electron chi connectivity index (χ4n) is 22.3. The second-order valence-electron chi connectivity index (χ2n) is 36.5. The van der Waals surface area contributed by atoms with Crippen molar-refractivity contribution in [3.05, 3.63) is 257 Å². The summed E-state index contributed by atoms with van der Waals surface area (Å²) >= 11 is 0. The minimum Gasteiger partial charge on any atom is -0.481 e. The Kier molecular flexibility index (Phi) is 26.0. The molecule has 131 heavy (non-hydrogen) atoms. The fourth-order valence-corrected chi connectivity index (χ4v) is 22.3. The molecule has 28 heteroatoms. The van der Waals surface area contributed by atoms with Gasteiger partial charge in [0.15, 0.2) is 46.4 Å². The smallest absolute Gasteiger partial charge is 0.319 e. The standard InChI is InChI=1S/C23H23N3O2.C22H21N3O2.C20H19N5O2.C19H23N3O3.C19H21N3O2/c1-5-28-22-16-11-12-17-14(2)19(27)18(24-4)13-23(17,3)20(16)25-21(26-22)15-9-7-6-8-10-15;1-13-16-11-10-15-19(22(16,2)12-17(23-3)18(13)26)24-20(25-21(15)27-4)14-8-6-5-7-9-14;1-11-14-6-5-13-17(20(14,2)7-15(21-3)16(11)26)24-18(25-19(13)27-4)12-8-22-10-23-9-12;1-6-24-17-12-8-9-13-11(3)15(23)14(20-5)10-19(13,4)16(12)21-18(22-17)25-7-2;1-10-13-8-7-12-16(19(13,2)9-14(20-3)15(10)23)21-17(11-5-6-11)22-18(12)24-4/h6-10,13-14,17H,5,11-12H2,1-3H3;5-9,12-13,16H,10-11H2,1-2,4H3;7-11,14H,5-6H2,1-2,4H3;10-11,13H,6-9H2,1-4H3;9-11,13H,5-8H2,1-2,4H3/t14-,17-,23-;13-,16-,22-;11-,14-,20-;11-,13-,19-;10-,13-,19-/m00000/s1. The van der Waals surface area contributed by atoms with E-state index in [1.54, 1.807) is 45.9 Å². The van der Waals surface area contributed by atoms with Crippen LogP contribution in [0.3, 0.4) is 0 Å². The monoisotopic (exact) mass is 1760 g/mol. The van der Waals surface area contributed by atoms with Crippen molar-refractivity contribution in [1.29, 1.82) is 0 Å². The summed E-state index contributed by atoms with van der Waals surface area (Å²) in [4.78, 5) is 135. The maximum atomic E-state index is 12.6. The Bertz CT molecular complexity index is 6170. The quantitative estimate of drug-likeness (QED) is 0.0968. The van der Waals surface area contributed by atoms with Crippen molar-refractivity contribution in [2.24, 2.45) is 59.2 Å². The van der Waals surface area contributed by atoms with Gasteiger partial charge < -0.3 is 52.4 Å². The second kappa shape index (κ2) is 37.0. The number of Topliss-reactive ketones (excluding diaryl/α,β-unsaturated/α-hetero) is 5. The molecule has 6 aromatic heterocycles. The summed E-state index contributed by atoms with van der Waals surface area (Å²) in [5.74, 6) is 5.31. The first-order valence-corrected chi connectivity index (χ1v) is 45.1. The van der Waals surface area contributed by atoms with E-state index in [0.29, 0.717) is 78.2 Å². The Morgan fingerprint density at radius 1 is 0.336 bits per heavy atom. The van der Waals surface area contributed by atoms with E-state index in [1.807, 2.05) is 134 Å². The molecule has 28 nitrogen and oxygen atoms in total. The Morgan fingerprint density at radius 2 is 0.611 bits per heavy atom. The molecule has 19 rings (SSSR count). The molecule has 670 valence electrons. The minimum atomic E-state index is -0.526. The molecule has 6 heterocycles. The summed E-state index contributed by atoms with van der Waals surface area (Å²) in [5.41, 5.74) is 10.5. The van der Waals surface area contributed by atoms with Crippen molar-refractivity contribution < 1.29 is 52.4 Å². The topological polar surface area (TPSA) is 317 Å². The molecule has 0 radical (unpaired) electrons. The third-order valence-electron chi connectivity index (χ3n) is 29.1. The van der Waals surface area contributed by atoms with Gasteiger partial charge in [-0.2, -0.15) is 29.9 Å². The van der Waals surface area contributed by atoms with E-state index in [4.69, 9.17) is 86.2 Å². The number of aromatic nitrogens is 12. The summed E-state index contributed by atoms with van der Waals surface area (Å²) in [5, 5.41) is 0. The van der Waals surface area contributed by atoms with Crippen LogP contribution in [0.2, 0.25) is 0 Å². The summed E-state index contributed by atoms with van der Waals surface area (Å²) < 4.78 is 33.9. The van der Waals surface area contributed by atoms with Crippen molar-refractivity contribution in [1.82, 2.24) is 59.8 Å². The van der Waals surface area contributed by atoms with Crippen molar-refractivity contribution in [3.63, 3.8) is 0 Å². The zero-order valence-electron chi connectivity index (χ0n) is 76.9. The lowest BCUT2D eigenvalue weighted by molar-refractivity contribution is -0.122. The van der Waals surface area contributed by atoms with Gasteiger partial charge in [0.2, 0.25) is 57.9 Å². The van der Waals surface area contributed by atoms with Crippen molar-refractivity contribution in [3.8, 4) is 69.6 Å². The van der Waals surface area contributed by atoms with E-state index in [9.17, 15) is 24.0 Å². The molecule has 1 saturated carbocycles. The first kappa shape index (κ1) is 92.0. The number of hydrogen-bond donors (Lipinski definition) is 0. The molecule has 0 saturated heterocycles. The molecule has 1 fully saturated rings. The SMILES string of the molecule is [C-]#[N+]C1=C[C@]2(C)c3nc(-c4ccccc4)nc(OC)c3CC[C@H]2[C@H](C)C1=O.[C-]#[N+]C1=C[C@]2(C)c3nc(-c4ccccc4)nc(OCC)c3CC[C@H]2[C@H](C)C1=O.[C-]#[N+]C1=C[C@]2(C)c3nc(-c4cncnc4)nc(OC)c3CC[C@H]2[C@H](C)C1=O.[C-]#[N+]C1=C[C@]2(C)c3nc(C4CC4)nc(OC)c3CC[C@H]2[C@H](C)C1=O.[C-]#[N+]C1=C[C@]2(C)c3nc(OCC)nc(OCC)c3CC[C@H]2[C@H](C)C1=O. The summed E-state index contributed by atoms with van der Waals surface area (Å²) in [7, 11) is 4.87. The number of ether oxygens (including phenoxy) is 6. The number of carbonyl (C=O) groups excluding carboxylic acids is 5. The lowest BCUT2D eigenvalue weighted by atomic mass is 9.58. The lowest BCUT2D eigenvalue weighted by Gasteiger charge is -2.45. The number of methoxy groups -OCH3 is 3. The highest BCUT2D eigenvalue weighted by atomic mass is 16.5. The lowest BCUT2D eigenvalue weighted by Crippen LogP contribution is -2.46. The Balaban J connectivity index is 0.000000126. The van der Waals surface area contributed by atoms with Crippen LogP contribution >= 0.6 is 0 Å². The molecule has 15 atom stereocenters. The zero-order chi connectivity index (χ0) is 93.5. The maximum Gasteiger partial charge on any atom is 0.319 e. The number of hydrogen-bond acceptors (Lipinski definition) is 23. The van der Waals surface area contributed by atoms with E-state index in [0.717, 1.165) is 150 Å². The molecule has 0 aliphatic heterocycles. The number of rotatable bonds is 13. The molecule has 11 aliphatic carbocycles. The van der Waals surface area contributed by atoms with Gasteiger partial charge in [0.25, 0.3) is 0 Å². The number of ketones is 5. The van der Waals surface area contributed by atoms with Crippen molar-refractivity contribution >= 4 is 28.9 Å². The van der Waals surface area contributed by atoms with Gasteiger partial charge in [-0.25, -0.2) is 54.1 Å². The molecule has 0 spiro atoms. The molecular formula is C103H107N17O11. The van der Waals surface area contributed by atoms with Crippen LogP contribution in [-0.4, -0.2) is 130 Å². The summed E-state index contributed by atoms with van der Waals surface area (Å²) in [6.45, 7) is 64.4. The van der Waals surface area contributed by atoms with Crippen molar-refractivity contribution in [2.45, 2.75) is 200 Å². The van der Waals surface area contributed by atoms with Crippen LogP contribution in [0, 0.1) is 92.0 Å². The molecule has 11 aliphatic rings. The molecule has 0 bridgehead atoms. The van der Waals surface area contributed by atoms with E-state index in [1.165, 1.54) is 6.33 Å². The van der Waals surface area contributed by atoms with Crippen LogP contribution < -0.4 is 28.4 Å². The van der Waals surface area contributed by atoms with Crippen LogP contribution in [0.25, 0.3) is 58.4 Å². The van der Waals surface area contributed by atoms with Crippen LogP contribution in [0.15, 0.2) is 138 Å². The van der Waals surface area contributed by atoms with Crippen LogP contribution in [0.1, 0.15) is 203 Å². The normalized spacial score (nSPS) is 27.5. The highest BCUT2D eigenvalue weighted by molar-refractivity contribution is 6.03. The fraction of sp³-hybridized carbons (Fsp3) is 0.456. The number of fused-ring (bicyclic) bond motifs is 15. The minimum absolute atomic E-state index is 0.0284. The van der Waals surface area contributed by atoms with Crippen LogP contribution in [0.4, 0.5) is 0 Å². The number of benzene rings is 2. The average molecular weight is 1760 g/mol. The predicted octanol–water partition coefficient (Wildman–Crippen LogP) is 17.5. The largest absolute Gasteiger partial charge is 0.481 e. The molecule has 0 unspecified atom stereocenters.